The molecule has 0 saturated heterocycles. The average molecular weight is 297 g/mol. The van der Waals surface area contributed by atoms with Gasteiger partial charge in [-0.2, -0.15) is 13.2 Å². The second kappa shape index (κ2) is 5.95. The van der Waals surface area contributed by atoms with Crippen LogP contribution in [0.3, 0.4) is 0 Å². The predicted octanol–water partition coefficient (Wildman–Crippen LogP) is 4.03. The quantitative estimate of drug-likeness (QED) is 0.895. The topological polar surface area (TPSA) is 41.5 Å². The van der Waals surface area contributed by atoms with Gasteiger partial charge < -0.3 is 15.2 Å². The minimum Gasteiger partial charge on any atom is -0.507 e. The van der Waals surface area contributed by atoms with Gasteiger partial charge >= 0.3 is 6.18 Å². The van der Waals surface area contributed by atoms with Gasteiger partial charge in [-0.3, -0.25) is 0 Å². The molecule has 0 unspecified atom stereocenters. The number of hydrogen-bond donors (Lipinski definition) is 2. The van der Waals surface area contributed by atoms with Crippen molar-refractivity contribution >= 4 is 5.69 Å². The highest BCUT2D eigenvalue weighted by molar-refractivity contribution is 5.48. The molecular formula is C15H14F3NO2. The molecule has 0 amide bonds. The highest BCUT2D eigenvalue weighted by atomic mass is 19.4. The summed E-state index contributed by atoms with van der Waals surface area (Å²) in [6.07, 6.45) is -4.38. The van der Waals surface area contributed by atoms with Crippen LogP contribution < -0.4 is 10.1 Å². The SMILES string of the molecule is COc1ccc(CNc2cccc(C(F)(F)F)c2)c(O)c1. The monoisotopic (exact) mass is 297 g/mol. The van der Waals surface area contributed by atoms with Gasteiger partial charge in [-0.25, -0.2) is 0 Å². The Morgan fingerprint density at radius 2 is 1.90 bits per heavy atom. The van der Waals surface area contributed by atoms with Gasteiger partial charge in [-0.1, -0.05) is 6.07 Å². The standard InChI is InChI=1S/C15H14F3NO2/c1-21-13-6-5-10(14(20)8-13)9-19-12-4-2-3-11(7-12)15(16,17)18/h2-8,19-20H,9H2,1H3. The number of aromatic hydroxyl groups is 1. The number of nitrogens with one attached hydrogen (secondary N) is 1. The smallest absolute Gasteiger partial charge is 0.416 e. The molecular weight excluding hydrogens is 283 g/mol. The molecule has 0 radical (unpaired) electrons. The van der Waals surface area contributed by atoms with E-state index in [0.29, 0.717) is 17.0 Å². The summed E-state index contributed by atoms with van der Waals surface area (Å²) in [5.41, 5.74) is 0.180. The lowest BCUT2D eigenvalue weighted by molar-refractivity contribution is -0.137. The first-order valence-corrected chi connectivity index (χ1v) is 6.17. The van der Waals surface area contributed by atoms with Gasteiger partial charge in [0.25, 0.3) is 0 Å². The molecule has 21 heavy (non-hydrogen) atoms. The first-order valence-electron chi connectivity index (χ1n) is 6.17. The van der Waals surface area contributed by atoms with Gasteiger partial charge in [0.2, 0.25) is 0 Å². The fraction of sp³-hybridized carbons (Fsp3) is 0.200. The molecule has 0 bridgehead atoms. The Bertz CT molecular complexity index is 627. The number of phenolic OH excluding ortho intramolecular Hbond substituents is 1. The van der Waals surface area contributed by atoms with Gasteiger partial charge in [0.05, 0.1) is 12.7 Å². The first-order chi connectivity index (χ1) is 9.90. The lowest BCUT2D eigenvalue weighted by atomic mass is 10.1. The maximum Gasteiger partial charge on any atom is 0.416 e. The molecule has 3 nitrogen and oxygen atoms in total. The average Bonchev–Trinajstić information content (AvgIpc) is 2.45. The van der Waals surface area contributed by atoms with Crippen molar-refractivity contribution in [3.8, 4) is 11.5 Å². The van der Waals surface area contributed by atoms with Crippen LogP contribution >= 0.6 is 0 Å². The zero-order chi connectivity index (χ0) is 15.5. The molecule has 0 spiro atoms. The Kier molecular flexibility index (Phi) is 4.26. The number of alkyl halides is 3. The lowest BCUT2D eigenvalue weighted by Crippen LogP contribution is -2.06. The van der Waals surface area contributed by atoms with Crippen molar-refractivity contribution in [3.05, 3.63) is 53.6 Å². The largest absolute Gasteiger partial charge is 0.507 e. The van der Waals surface area contributed by atoms with Crippen LogP contribution in [0.25, 0.3) is 0 Å². The van der Waals surface area contributed by atoms with Crippen molar-refractivity contribution in [3.63, 3.8) is 0 Å². The fourth-order valence-electron chi connectivity index (χ4n) is 1.82. The molecule has 2 rings (SSSR count). The molecule has 6 heteroatoms. The molecule has 112 valence electrons. The first kappa shape index (κ1) is 15.0. The van der Waals surface area contributed by atoms with E-state index < -0.39 is 11.7 Å². The number of ether oxygens (including phenoxy) is 1. The summed E-state index contributed by atoms with van der Waals surface area (Å²) in [4.78, 5) is 0. The summed E-state index contributed by atoms with van der Waals surface area (Å²) >= 11 is 0. The summed E-state index contributed by atoms with van der Waals surface area (Å²) in [6, 6.07) is 9.67. The summed E-state index contributed by atoms with van der Waals surface area (Å²) in [5.74, 6) is 0.532. The van der Waals surface area contributed by atoms with Gasteiger partial charge in [-0.05, 0) is 30.3 Å². The van der Waals surface area contributed by atoms with Crippen LogP contribution in [0.1, 0.15) is 11.1 Å². The van der Waals surface area contributed by atoms with Gasteiger partial charge in [0.15, 0.2) is 0 Å². The summed E-state index contributed by atoms with van der Waals surface area (Å²) < 4.78 is 42.8. The van der Waals surface area contributed by atoms with E-state index >= 15 is 0 Å². The van der Waals surface area contributed by atoms with E-state index in [2.05, 4.69) is 5.32 Å². The molecule has 0 aliphatic rings. The van der Waals surface area contributed by atoms with Crippen molar-refractivity contribution in [2.24, 2.45) is 0 Å². The minimum atomic E-state index is -4.38. The van der Waals surface area contributed by atoms with Crippen molar-refractivity contribution < 1.29 is 23.0 Å². The van der Waals surface area contributed by atoms with Crippen molar-refractivity contribution in [1.82, 2.24) is 0 Å². The second-order valence-electron chi connectivity index (χ2n) is 4.43. The van der Waals surface area contributed by atoms with Crippen LogP contribution in [-0.4, -0.2) is 12.2 Å². The Morgan fingerprint density at radius 3 is 2.52 bits per heavy atom. The summed E-state index contributed by atoms with van der Waals surface area (Å²) in [7, 11) is 1.48. The number of hydrogen-bond acceptors (Lipinski definition) is 3. The highest BCUT2D eigenvalue weighted by Crippen LogP contribution is 2.31. The predicted molar refractivity (Wildman–Crippen MR) is 73.4 cm³/mol. The van der Waals surface area contributed by atoms with E-state index in [1.165, 1.54) is 25.3 Å². The fourth-order valence-corrected chi connectivity index (χ4v) is 1.82. The van der Waals surface area contributed by atoms with E-state index in [4.69, 9.17) is 4.74 Å². The number of phenols is 1. The number of halogens is 3. The zero-order valence-electron chi connectivity index (χ0n) is 11.2. The van der Waals surface area contributed by atoms with Crippen LogP contribution in [0.4, 0.5) is 18.9 Å². The molecule has 0 aromatic heterocycles. The third-order valence-electron chi connectivity index (χ3n) is 2.97. The van der Waals surface area contributed by atoms with E-state index in [1.54, 1.807) is 12.1 Å². The Morgan fingerprint density at radius 1 is 1.14 bits per heavy atom. The van der Waals surface area contributed by atoms with Crippen LogP contribution in [0.2, 0.25) is 0 Å². The van der Waals surface area contributed by atoms with E-state index in [9.17, 15) is 18.3 Å². The van der Waals surface area contributed by atoms with Crippen molar-refractivity contribution in [2.45, 2.75) is 12.7 Å². The van der Waals surface area contributed by atoms with E-state index in [-0.39, 0.29) is 12.3 Å². The van der Waals surface area contributed by atoms with Gasteiger partial charge in [0.1, 0.15) is 11.5 Å². The third-order valence-corrected chi connectivity index (χ3v) is 2.97. The minimum absolute atomic E-state index is 0.0221. The molecule has 2 aromatic rings. The van der Waals surface area contributed by atoms with Crippen LogP contribution in [0.5, 0.6) is 11.5 Å². The molecule has 2 N–H and O–H groups in total. The maximum atomic E-state index is 12.6. The van der Waals surface area contributed by atoms with E-state index in [1.807, 2.05) is 0 Å². The molecule has 2 aromatic carbocycles. The van der Waals surface area contributed by atoms with Gasteiger partial charge in [-0.15, -0.1) is 0 Å². The molecule has 0 aliphatic heterocycles. The molecule has 0 saturated carbocycles. The van der Waals surface area contributed by atoms with Crippen LogP contribution in [0, 0.1) is 0 Å². The van der Waals surface area contributed by atoms with Crippen molar-refractivity contribution in [2.75, 3.05) is 12.4 Å². The molecule has 0 atom stereocenters. The van der Waals surface area contributed by atoms with E-state index in [0.717, 1.165) is 12.1 Å². The summed E-state index contributed by atoms with van der Waals surface area (Å²) in [5, 5.41) is 12.6. The molecule has 0 heterocycles. The van der Waals surface area contributed by atoms with Gasteiger partial charge in [0, 0.05) is 23.9 Å². The Hall–Kier alpha value is -2.37. The van der Waals surface area contributed by atoms with Crippen molar-refractivity contribution in [1.29, 1.82) is 0 Å². The molecule has 0 aliphatic carbocycles. The normalized spacial score (nSPS) is 11.2. The zero-order valence-corrected chi connectivity index (χ0v) is 11.2. The highest BCUT2D eigenvalue weighted by Gasteiger charge is 2.30. The summed E-state index contributed by atoms with van der Waals surface area (Å²) in [6.45, 7) is 0.205. The third kappa shape index (κ3) is 3.81. The second-order valence-corrected chi connectivity index (χ2v) is 4.43. The lowest BCUT2D eigenvalue weighted by Gasteiger charge is -2.12. The van der Waals surface area contributed by atoms with Crippen LogP contribution in [-0.2, 0) is 12.7 Å². The number of benzene rings is 2. The molecule has 0 fully saturated rings. The van der Waals surface area contributed by atoms with Crippen LogP contribution in [0.15, 0.2) is 42.5 Å². The Labute approximate surface area is 120 Å². The number of rotatable bonds is 4. The maximum absolute atomic E-state index is 12.6. The Balaban J connectivity index is 2.10. The number of anilines is 1. The number of methoxy groups -OCH3 is 1.